The SMILES string of the molecule is Cc1cccnc1C(=O)CCC(O)c1cccs1. The lowest BCUT2D eigenvalue weighted by atomic mass is 10.0. The highest BCUT2D eigenvalue weighted by molar-refractivity contribution is 7.10. The van der Waals surface area contributed by atoms with Crippen molar-refractivity contribution in [1.29, 1.82) is 0 Å². The van der Waals surface area contributed by atoms with E-state index < -0.39 is 6.10 Å². The molecule has 1 N–H and O–H groups in total. The lowest BCUT2D eigenvalue weighted by Crippen LogP contribution is -2.06. The quantitative estimate of drug-likeness (QED) is 0.841. The number of aliphatic hydroxyl groups excluding tert-OH is 1. The van der Waals surface area contributed by atoms with Gasteiger partial charge in [-0.15, -0.1) is 11.3 Å². The third-order valence-corrected chi connectivity index (χ3v) is 3.76. The van der Waals surface area contributed by atoms with Crippen LogP contribution in [0, 0.1) is 6.92 Å². The van der Waals surface area contributed by atoms with E-state index in [-0.39, 0.29) is 5.78 Å². The molecule has 0 saturated carbocycles. The van der Waals surface area contributed by atoms with Crippen LogP contribution in [-0.2, 0) is 0 Å². The number of Topliss-reactive ketones (excluding diaryl/α,β-unsaturated/α-hetero) is 1. The molecule has 0 aliphatic heterocycles. The number of carbonyl (C=O) groups excluding carboxylic acids is 1. The van der Waals surface area contributed by atoms with Crippen molar-refractivity contribution in [3.63, 3.8) is 0 Å². The molecular weight excluding hydrogens is 246 g/mol. The molecule has 0 aliphatic carbocycles. The van der Waals surface area contributed by atoms with Crippen molar-refractivity contribution in [2.45, 2.75) is 25.9 Å². The van der Waals surface area contributed by atoms with Gasteiger partial charge in [0.15, 0.2) is 5.78 Å². The van der Waals surface area contributed by atoms with Gasteiger partial charge in [-0.3, -0.25) is 9.78 Å². The number of hydrogen-bond donors (Lipinski definition) is 1. The summed E-state index contributed by atoms with van der Waals surface area (Å²) < 4.78 is 0. The molecule has 2 aromatic heterocycles. The van der Waals surface area contributed by atoms with E-state index in [1.807, 2.05) is 36.6 Å². The number of pyridine rings is 1. The summed E-state index contributed by atoms with van der Waals surface area (Å²) in [6, 6.07) is 7.46. The van der Waals surface area contributed by atoms with Gasteiger partial charge in [0.05, 0.1) is 6.10 Å². The molecule has 1 atom stereocenters. The van der Waals surface area contributed by atoms with Crippen LogP contribution in [0.1, 0.15) is 39.9 Å². The van der Waals surface area contributed by atoms with E-state index in [1.165, 1.54) is 11.3 Å². The first-order valence-corrected chi connectivity index (χ1v) is 6.72. The molecule has 4 heteroatoms. The van der Waals surface area contributed by atoms with Crippen LogP contribution in [0.25, 0.3) is 0 Å². The number of carbonyl (C=O) groups is 1. The monoisotopic (exact) mass is 261 g/mol. The topological polar surface area (TPSA) is 50.2 Å². The van der Waals surface area contributed by atoms with Gasteiger partial charge in [0.1, 0.15) is 5.69 Å². The molecule has 94 valence electrons. The highest BCUT2D eigenvalue weighted by atomic mass is 32.1. The number of rotatable bonds is 5. The summed E-state index contributed by atoms with van der Waals surface area (Å²) in [4.78, 5) is 17.0. The number of aliphatic hydroxyl groups is 1. The van der Waals surface area contributed by atoms with Gasteiger partial charge >= 0.3 is 0 Å². The van der Waals surface area contributed by atoms with Crippen molar-refractivity contribution in [1.82, 2.24) is 4.98 Å². The second-order valence-electron chi connectivity index (χ2n) is 4.16. The minimum Gasteiger partial charge on any atom is -0.388 e. The molecule has 3 nitrogen and oxygen atoms in total. The molecular formula is C14H15NO2S. The van der Waals surface area contributed by atoms with Gasteiger partial charge in [0.25, 0.3) is 0 Å². The number of thiophene rings is 1. The van der Waals surface area contributed by atoms with E-state index >= 15 is 0 Å². The van der Waals surface area contributed by atoms with Gasteiger partial charge in [-0.05, 0) is 36.4 Å². The van der Waals surface area contributed by atoms with E-state index in [4.69, 9.17) is 0 Å². The molecule has 0 fully saturated rings. The fourth-order valence-electron chi connectivity index (χ4n) is 1.79. The number of hydrogen-bond acceptors (Lipinski definition) is 4. The maximum absolute atomic E-state index is 12.0. The Morgan fingerprint density at radius 3 is 2.94 bits per heavy atom. The highest BCUT2D eigenvalue weighted by Gasteiger charge is 2.14. The molecule has 0 amide bonds. The number of nitrogens with zero attached hydrogens (tertiary/aromatic N) is 1. The van der Waals surface area contributed by atoms with Crippen molar-refractivity contribution in [2.24, 2.45) is 0 Å². The first-order chi connectivity index (χ1) is 8.68. The zero-order valence-electron chi connectivity index (χ0n) is 10.2. The van der Waals surface area contributed by atoms with Crippen molar-refractivity contribution in [2.75, 3.05) is 0 Å². The summed E-state index contributed by atoms with van der Waals surface area (Å²) in [7, 11) is 0. The first kappa shape index (κ1) is 12.9. The molecule has 2 heterocycles. The molecule has 0 radical (unpaired) electrons. The van der Waals surface area contributed by atoms with Gasteiger partial charge in [-0.2, -0.15) is 0 Å². The molecule has 0 saturated heterocycles. The van der Waals surface area contributed by atoms with Crippen LogP contribution in [0.2, 0.25) is 0 Å². The molecule has 0 aliphatic rings. The minimum absolute atomic E-state index is 0.0105. The Labute approximate surface area is 110 Å². The smallest absolute Gasteiger partial charge is 0.181 e. The van der Waals surface area contributed by atoms with E-state index in [9.17, 15) is 9.90 Å². The van der Waals surface area contributed by atoms with Crippen LogP contribution < -0.4 is 0 Å². The summed E-state index contributed by atoms with van der Waals surface area (Å²) in [5, 5.41) is 11.8. The van der Waals surface area contributed by atoms with Crippen molar-refractivity contribution in [3.05, 3.63) is 52.0 Å². The van der Waals surface area contributed by atoms with Crippen LogP contribution in [0.4, 0.5) is 0 Å². The van der Waals surface area contributed by atoms with Crippen LogP contribution >= 0.6 is 11.3 Å². The van der Waals surface area contributed by atoms with E-state index in [2.05, 4.69) is 4.98 Å². The predicted octanol–water partition coefficient (Wildman–Crippen LogP) is 3.15. The summed E-state index contributed by atoms with van der Waals surface area (Å²) in [5.41, 5.74) is 1.39. The Morgan fingerprint density at radius 1 is 1.44 bits per heavy atom. The molecule has 0 aromatic carbocycles. The van der Waals surface area contributed by atoms with Crippen molar-refractivity contribution >= 4 is 17.1 Å². The Morgan fingerprint density at radius 2 is 2.28 bits per heavy atom. The Balaban J connectivity index is 1.95. The lowest BCUT2D eigenvalue weighted by Gasteiger charge is -2.08. The molecule has 2 rings (SSSR count). The van der Waals surface area contributed by atoms with Crippen molar-refractivity contribution < 1.29 is 9.90 Å². The maximum atomic E-state index is 12.0. The van der Waals surface area contributed by atoms with Crippen LogP contribution in [0.5, 0.6) is 0 Å². The summed E-state index contributed by atoms with van der Waals surface area (Å²) in [6.45, 7) is 1.87. The third kappa shape index (κ3) is 3.03. The largest absolute Gasteiger partial charge is 0.388 e. The van der Waals surface area contributed by atoms with Gasteiger partial charge in [0, 0.05) is 17.5 Å². The standard InChI is InChI=1S/C14H15NO2S/c1-10-4-2-8-15-14(10)12(17)7-6-11(16)13-5-3-9-18-13/h2-5,8-9,11,16H,6-7H2,1H3. The zero-order valence-corrected chi connectivity index (χ0v) is 11.0. The minimum atomic E-state index is -0.557. The average molecular weight is 261 g/mol. The molecule has 0 bridgehead atoms. The lowest BCUT2D eigenvalue weighted by molar-refractivity contribution is 0.0937. The third-order valence-electron chi connectivity index (χ3n) is 2.79. The summed E-state index contributed by atoms with van der Waals surface area (Å²) in [5.74, 6) is -0.0105. The van der Waals surface area contributed by atoms with Gasteiger partial charge in [0.2, 0.25) is 0 Å². The molecule has 2 aromatic rings. The summed E-state index contributed by atoms with van der Waals surface area (Å²) in [6.07, 6.45) is 1.82. The number of aromatic nitrogens is 1. The number of aryl methyl sites for hydroxylation is 1. The highest BCUT2D eigenvalue weighted by Crippen LogP contribution is 2.23. The molecule has 18 heavy (non-hydrogen) atoms. The van der Waals surface area contributed by atoms with Gasteiger partial charge in [-0.25, -0.2) is 0 Å². The van der Waals surface area contributed by atoms with Gasteiger partial charge in [-0.1, -0.05) is 12.1 Å². The Kier molecular flexibility index (Phi) is 4.23. The second kappa shape index (κ2) is 5.89. The van der Waals surface area contributed by atoms with E-state index in [0.717, 1.165) is 10.4 Å². The molecule has 1 unspecified atom stereocenters. The fraction of sp³-hybridized carbons (Fsp3) is 0.286. The van der Waals surface area contributed by atoms with Crippen LogP contribution in [-0.4, -0.2) is 15.9 Å². The summed E-state index contributed by atoms with van der Waals surface area (Å²) >= 11 is 1.50. The Bertz CT molecular complexity index is 522. The van der Waals surface area contributed by atoms with Gasteiger partial charge < -0.3 is 5.11 Å². The predicted molar refractivity (Wildman–Crippen MR) is 71.8 cm³/mol. The normalized spacial score (nSPS) is 12.3. The maximum Gasteiger partial charge on any atom is 0.181 e. The first-order valence-electron chi connectivity index (χ1n) is 5.85. The zero-order chi connectivity index (χ0) is 13.0. The Hall–Kier alpha value is -1.52. The average Bonchev–Trinajstić information content (AvgIpc) is 2.90. The van der Waals surface area contributed by atoms with Crippen LogP contribution in [0.3, 0.4) is 0 Å². The molecule has 0 spiro atoms. The van der Waals surface area contributed by atoms with E-state index in [1.54, 1.807) is 6.20 Å². The second-order valence-corrected chi connectivity index (χ2v) is 5.14. The fourth-order valence-corrected chi connectivity index (χ4v) is 2.53. The number of ketones is 1. The van der Waals surface area contributed by atoms with Crippen molar-refractivity contribution in [3.8, 4) is 0 Å². The van der Waals surface area contributed by atoms with E-state index in [0.29, 0.717) is 18.5 Å². The van der Waals surface area contributed by atoms with Crippen LogP contribution in [0.15, 0.2) is 35.8 Å².